The van der Waals surface area contributed by atoms with Crippen LogP contribution in [0.1, 0.15) is 37.1 Å². The van der Waals surface area contributed by atoms with Gasteiger partial charge in [-0.05, 0) is 23.6 Å². The molecule has 2 rings (SSSR count). The molecule has 2 heteroatoms. The summed E-state index contributed by atoms with van der Waals surface area (Å²) in [6, 6.07) is 19.9. The van der Waals surface area contributed by atoms with Crippen LogP contribution in [0.15, 0.2) is 60.7 Å². The molecule has 0 saturated heterocycles. The van der Waals surface area contributed by atoms with Crippen LogP contribution in [0.25, 0.3) is 0 Å². The quantitative estimate of drug-likeness (QED) is 0.838. The van der Waals surface area contributed by atoms with Gasteiger partial charge in [-0.1, -0.05) is 74.5 Å². The number of benzene rings is 2. The Morgan fingerprint density at radius 3 is 1.85 bits per heavy atom. The molecule has 2 N–H and O–H groups in total. The first-order valence-corrected chi connectivity index (χ1v) is 7.20. The van der Waals surface area contributed by atoms with Crippen molar-refractivity contribution in [1.29, 1.82) is 0 Å². The van der Waals surface area contributed by atoms with Gasteiger partial charge in [0.1, 0.15) is 0 Å². The average molecular weight is 269 g/mol. The largest absolute Gasteiger partial charge is 0.386 e. The van der Waals surface area contributed by atoms with Crippen molar-refractivity contribution < 1.29 is 5.11 Å². The van der Waals surface area contributed by atoms with Crippen LogP contribution in [0, 0.1) is 5.92 Å². The molecule has 2 nitrogen and oxygen atoms in total. The van der Waals surface area contributed by atoms with Gasteiger partial charge in [0, 0.05) is 0 Å². The molecule has 0 aromatic heterocycles. The fourth-order valence-corrected chi connectivity index (χ4v) is 2.28. The standard InChI is InChI=1S/C18H23NO/c1-14(2)13-19-17(15-9-5-3-6-10-15)18(20)16-11-7-4-8-12-16/h3-12,14,17-20H,13H2,1-2H3. The number of rotatable bonds is 6. The lowest BCUT2D eigenvalue weighted by atomic mass is 9.95. The predicted octanol–water partition coefficient (Wildman–Crippen LogP) is 3.71. The average Bonchev–Trinajstić information content (AvgIpc) is 2.49. The minimum atomic E-state index is -0.544. The third-order valence-electron chi connectivity index (χ3n) is 3.36. The number of hydrogen-bond acceptors (Lipinski definition) is 2. The maximum atomic E-state index is 10.7. The van der Waals surface area contributed by atoms with Gasteiger partial charge in [-0.25, -0.2) is 0 Å². The van der Waals surface area contributed by atoms with Crippen LogP contribution in [0.5, 0.6) is 0 Å². The van der Waals surface area contributed by atoms with Crippen LogP contribution in [-0.4, -0.2) is 11.7 Å². The van der Waals surface area contributed by atoms with Crippen molar-refractivity contribution in [2.24, 2.45) is 5.92 Å². The van der Waals surface area contributed by atoms with E-state index in [4.69, 9.17) is 0 Å². The number of aliphatic hydroxyl groups excluding tert-OH is 1. The smallest absolute Gasteiger partial charge is 0.0984 e. The summed E-state index contributed by atoms with van der Waals surface area (Å²) in [4.78, 5) is 0. The highest BCUT2D eigenvalue weighted by atomic mass is 16.3. The first-order valence-electron chi connectivity index (χ1n) is 7.20. The second-order valence-electron chi connectivity index (χ2n) is 5.55. The summed E-state index contributed by atoms with van der Waals surface area (Å²) in [5, 5.41) is 14.2. The van der Waals surface area contributed by atoms with E-state index in [0.29, 0.717) is 5.92 Å². The van der Waals surface area contributed by atoms with Gasteiger partial charge in [-0.2, -0.15) is 0 Å². The van der Waals surface area contributed by atoms with Gasteiger partial charge in [-0.15, -0.1) is 0 Å². The molecule has 0 aliphatic heterocycles. The summed E-state index contributed by atoms with van der Waals surface area (Å²) in [6.07, 6.45) is -0.544. The van der Waals surface area contributed by atoms with E-state index in [1.807, 2.05) is 48.5 Å². The fraction of sp³-hybridized carbons (Fsp3) is 0.333. The monoisotopic (exact) mass is 269 g/mol. The SMILES string of the molecule is CC(C)CNC(c1ccccc1)C(O)c1ccccc1. The maximum Gasteiger partial charge on any atom is 0.0984 e. The molecule has 0 aliphatic carbocycles. The zero-order valence-electron chi connectivity index (χ0n) is 12.2. The highest BCUT2D eigenvalue weighted by Gasteiger charge is 2.22. The number of hydrogen-bond donors (Lipinski definition) is 2. The van der Waals surface area contributed by atoms with E-state index >= 15 is 0 Å². The van der Waals surface area contributed by atoms with Crippen LogP contribution in [0.3, 0.4) is 0 Å². The van der Waals surface area contributed by atoms with E-state index in [9.17, 15) is 5.11 Å². The van der Waals surface area contributed by atoms with Gasteiger partial charge in [0.15, 0.2) is 0 Å². The van der Waals surface area contributed by atoms with Gasteiger partial charge in [-0.3, -0.25) is 0 Å². The lowest BCUT2D eigenvalue weighted by Crippen LogP contribution is -2.30. The van der Waals surface area contributed by atoms with Crippen LogP contribution >= 0.6 is 0 Å². The number of nitrogens with one attached hydrogen (secondary N) is 1. The summed E-state index contributed by atoms with van der Waals surface area (Å²) in [5.74, 6) is 0.546. The molecule has 106 valence electrons. The first-order chi connectivity index (χ1) is 9.68. The van der Waals surface area contributed by atoms with E-state index < -0.39 is 6.10 Å². The van der Waals surface area contributed by atoms with Gasteiger partial charge in [0.05, 0.1) is 12.1 Å². The van der Waals surface area contributed by atoms with Crippen LogP contribution in [0.4, 0.5) is 0 Å². The van der Waals surface area contributed by atoms with Gasteiger partial charge in [0.2, 0.25) is 0 Å². The molecular formula is C18H23NO. The molecule has 20 heavy (non-hydrogen) atoms. The second-order valence-corrected chi connectivity index (χ2v) is 5.55. The Balaban J connectivity index is 2.22. The van der Waals surface area contributed by atoms with Crippen molar-refractivity contribution in [3.8, 4) is 0 Å². The third-order valence-corrected chi connectivity index (χ3v) is 3.36. The van der Waals surface area contributed by atoms with E-state index in [-0.39, 0.29) is 6.04 Å². The highest BCUT2D eigenvalue weighted by molar-refractivity contribution is 5.26. The van der Waals surface area contributed by atoms with Crippen LogP contribution in [-0.2, 0) is 0 Å². The zero-order chi connectivity index (χ0) is 14.4. The van der Waals surface area contributed by atoms with Crippen molar-refractivity contribution in [2.45, 2.75) is 26.0 Å². The fourth-order valence-electron chi connectivity index (χ4n) is 2.28. The molecule has 0 saturated carbocycles. The number of aliphatic hydroxyl groups is 1. The normalized spacial score (nSPS) is 14.2. The molecule has 0 spiro atoms. The van der Waals surface area contributed by atoms with Crippen LogP contribution in [0.2, 0.25) is 0 Å². The molecule has 2 unspecified atom stereocenters. The Morgan fingerprint density at radius 2 is 1.35 bits per heavy atom. The highest BCUT2D eigenvalue weighted by Crippen LogP contribution is 2.28. The van der Waals surface area contributed by atoms with Crippen molar-refractivity contribution >= 4 is 0 Å². The molecule has 0 heterocycles. The second kappa shape index (κ2) is 7.22. The van der Waals surface area contributed by atoms with Gasteiger partial charge >= 0.3 is 0 Å². The first kappa shape index (κ1) is 14.8. The zero-order valence-corrected chi connectivity index (χ0v) is 12.2. The Hall–Kier alpha value is -1.64. The molecular weight excluding hydrogens is 246 g/mol. The van der Waals surface area contributed by atoms with Crippen LogP contribution < -0.4 is 5.32 Å². The molecule has 0 bridgehead atoms. The topological polar surface area (TPSA) is 32.3 Å². The lowest BCUT2D eigenvalue weighted by molar-refractivity contribution is 0.127. The van der Waals surface area contributed by atoms with E-state index in [0.717, 1.165) is 17.7 Å². The van der Waals surface area contributed by atoms with Crippen molar-refractivity contribution in [3.63, 3.8) is 0 Å². The molecule has 2 aromatic rings. The van der Waals surface area contributed by atoms with Crippen molar-refractivity contribution in [3.05, 3.63) is 71.8 Å². The van der Waals surface area contributed by atoms with Crippen molar-refractivity contribution in [1.82, 2.24) is 5.32 Å². The van der Waals surface area contributed by atoms with E-state index in [1.54, 1.807) is 0 Å². The molecule has 0 radical (unpaired) electrons. The lowest BCUT2D eigenvalue weighted by Gasteiger charge is -2.26. The Morgan fingerprint density at radius 1 is 0.850 bits per heavy atom. The predicted molar refractivity (Wildman–Crippen MR) is 83.4 cm³/mol. The minimum Gasteiger partial charge on any atom is -0.386 e. The van der Waals surface area contributed by atoms with E-state index in [2.05, 4.69) is 31.3 Å². The summed E-state index contributed by atoms with van der Waals surface area (Å²) < 4.78 is 0. The summed E-state index contributed by atoms with van der Waals surface area (Å²) in [5.41, 5.74) is 2.06. The molecule has 0 fully saturated rings. The van der Waals surface area contributed by atoms with Crippen molar-refractivity contribution in [2.75, 3.05) is 6.54 Å². The molecule has 2 aromatic carbocycles. The summed E-state index contributed by atoms with van der Waals surface area (Å²) in [7, 11) is 0. The van der Waals surface area contributed by atoms with E-state index in [1.165, 1.54) is 0 Å². The third kappa shape index (κ3) is 3.92. The minimum absolute atomic E-state index is 0.0824. The summed E-state index contributed by atoms with van der Waals surface area (Å²) >= 11 is 0. The maximum absolute atomic E-state index is 10.7. The Labute approximate surface area is 121 Å². The molecule has 0 aliphatic rings. The Bertz CT molecular complexity index is 495. The van der Waals surface area contributed by atoms with Gasteiger partial charge in [0.25, 0.3) is 0 Å². The van der Waals surface area contributed by atoms with Gasteiger partial charge < -0.3 is 10.4 Å². The molecule has 0 amide bonds. The molecule has 2 atom stereocenters. The Kier molecular flexibility index (Phi) is 5.33. The summed E-state index contributed by atoms with van der Waals surface area (Å²) in [6.45, 7) is 5.22.